The maximum Gasteiger partial charge on any atom is 0.240 e. The highest BCUT2D eigenvalue weighted by molar-refractivity contribution is 9.10. The van der Waals surface area contributed by atoms with Gasteiger partial charge in [-0.05, 0) is 43.0 Å². The predicted octanol–water partition coefficient (Wildman–Crippen LogP) is 3.84. The van der Waals surface area contributed by atoms with Crippen molar-refractivity contribution in [2.45, 2.75) is 45.4 Å². The minimum Gasteiger partial charge on any atom is -0.274 e. The van der Waals surface area contributed by atoms with Gasteiger partial charge in [0.25, 0.3) is 0 Å². The van der Waals surface area contributed by atoms with Crippen LogP contribution in [-0.2, 0) is 16.0 Å². The van der Waals surface area contributed by atoms with Crippen molar-refractivity contribution in [3.8, 4) is 0 Å². The summed E-state index contributed by atoms with van der Waals surface area (Å²) < 4.78 is 0.979. The fourth-order valence-corrected chi connectivity index (χ4v) is 3.94. The Balaban J connectivity index is 2.02. The number of nitrogens with zero attached hydrogens (tertiary/aromatic N) is 1. The smallest absolute Gasteiger partial charge is 0.240 e. The molecule has 1 saturated carbocycles. The molecular formula is C16H18BrNO2. The lowest BCUT2D eigenvalue weighted by Gasteiger charge is -2.22. The first-order valence-corrected chi connectivity index (χ1v) is 8.02. The van der Waals surface area contributed by atoms with E-state index < -0.39 is 5.41 Å². The highest BCUT2D eigenvalue weighted by atomic mass is 79.9. The van der Waals surface area contributed by atoms with E-state index in [1.165, 1.54) is 4.90 Å². The van der Waals surface area contributed by atoms with Crippen LogP contribution in [-0.4, -0.2) is 11.8 Å². The molecule has 1 spiro atoms. The molecule has 106 valence electrons. The average Bonchev–Trinajstić information content (AvgIpc) is 2.98. The first-order valence-electron chi connectivity index (χ1n) is 7.23. The van der Waals surface area contributed by atoms with E-state index in [9.17, 15) is 9.59 Å². The Hall–Kier alpha value is -1.16. The molecule has 2 aliphatic rings. The van der Waals surface area contributed by atoms with Crippen molar-refractivity contribution in [3.05, 3.63) is 28.2 Å². The SMILES string of the molecule is CCc1cc(Br)ccc1N1C(=O)CC2(CCCC2)C1=O. The maximum atomic E-state index is 12.8. The van der Waals surface area contributed by atoms with Gasteiger partial charge in [-0.1, -0.05) is 35.7 Å². The number of hydrogen-bond donors (Lipinski definition) is 0. The number of carbonyl (C=O) groups excluding carboxylic acids is 2. The Labute approximate surface area is 127 Å². The molecule has 0 unspecified atom stereocenters. The molecule has 2 fully saturated rings. The van der Waals surface area contributed by atoms with Crippen LogP contribution < -0.4 is 4.90 Å². The van der Waals surface area contributed by atoms with Crippen LogP contribution in [0.2, 0.25) is 0 Å². The molecule has 0 atom stereocenters. The number of hydrogen-bond acceptors (Lipinski definition) is 2. The molecule has 1 aliphatic heterocycles. The van der Waals surface area contributed by atoms with Gasteiger partial charge in [0, 0.05) is 10.9 Å². The van der Waals surface area contributed by atoms with Gasteiger partial charge in [0.2, 0.25) is 11.8 Å². The second kappa shape index (κ2) is 4.99. The molecular weight excluding hydrogens is 318 g/mol. The van der Waals surface area contributed by atoms with Crippen LogP contribution >= 0.6 is 15.9 Å². The van der Waals surface area contributed by atoms with E-state index in [4.69, 9.17) is 0 Å². The van der Waals surface area contributed by atoms with Crippen molar-refractivity contribution >= 4 is 33.4 Å². The normalized spacial score (nSPS) is 21.2. The maximum absolute atomic E-state index is 12.8. The van der Waals surface area contributed by atoms with Gasteiger partial charge >= 0.3 is 0 Å². The molecule has 0 aromatic heterocycles. The molecule has 3 rings (SSSR count). The van der Waals surface area contributed by atoms with E-state index in [-0.39, 0.29) is 11.8 Å². The van der Waals surface area contributed by atoms with Gasteiger partial charge in [-0.2, -0.15) is 0 Å². The Bertz CT molecular complexity index is 576. The molecule has 20 heavy (non-hydrogen) atoms. The van der Waals surface area contributed by atoms with Crippen molar-refractivity contribution in [1.29, 1.82) is 0 Å². The summed E-state index contributed by atoms with van der Waals surface area (Å²) in [6.45, 7) is 2.04. The fourth-order valence-electron chi connectivity index (χ4n) is 3.54. The van der Waals surface area contributed by atoms with Gasteiger partial charge in [-0.3, -0.25) is 9.59 Å². The van der Waals surface area contributed by atoms with Crippen LogP contribution in [0.15, 0.2) is 22.7 Å². The molecule has 2 amide bonds. The van der Waals surface area contributed by atoms with Gasteiger partial charge in [-0.25, -0.2) is 4.90 Å². The van der Waals surface area contributed by atoms with Crippen molar-refractivity contribution in [2.75, 3.05) is 4.90 Å². The number of amides is 2. The van der Waals surface area contributed by atoms with Crippen LogP contribution in [0.3, 0.4) is 0 Å². The summed E-state index contributed by atoms with van der Waals surface area (Å²) in [5.74, 6) is -0.00838. The quantitative estimate of drug-likeness (QED) is 0.770. The molecule has 0 bridgehead atoms. The van der Waals surface area contributed by atoms with E-state index in [0.717, 1.165) is 47.8 Å². The van der Waals surface area contributed by atoms with E-state index in [0.29, 0.717) is 6.42 Å². The van der Waals surface area contributed by atoms with E-state index in [1.807, 2.05) is 25.1 Å². The first kappa shape index (κ1) is 13.8. The number of carbonyl (C=O) groups is 2. The number of anilines is 1. The lowest BCUT2D eigenvalue weighted by atomic mass is 9.84. The highest BCUT2D eigenvalue weighted by Crippen LogP contribution is 2.48. The third kappa shape index (κ3) is 2.01. The second-order valence-electron chi connectivity index (χ2n) is 5.83. The van der Waals surface area contributed by atoms with Crippen molar-refractivity contribution in [1.82, 2.24) is 0 Å². The zero-order valence-electron chi connectivity index (χ0n) is 11.6. The summed E-state index contributed by atoms with van der Waals surface area (Å²) in [5.41, 5.74) is 1.42. The summed E-state index contributed by atoms with van der Waals surface area (Å²) in [6.07, 6.45) is 5.06. The number of aryl methyl sites for hydroxylation is 1. The lowest BCUT2D eigenvalue weighted by Crippen LogP contribution is -2.35. The largest absolute Gasteiger partial charge is 0.274 e. The fraction of sp³-hybridized carbons (Fsp3) is 0.500. The Morgan fingerprint density at radius 1 is 1.25 bits per heavy atom. The van der Waals surface area contributed by atoms with Crippen LogP contribution in [0.25, 0.3) is 0 Å². The molecule has 3 nitrogen and oxygen atoms in total. The summed E-state index contributed by atoms with van der Waals surface area (Å²) in [5, 5.41) is 0. The molecule has 4 heteroatoms. The average molecular weight is 336 g/mol. The highest BCUT2D eigenvalue weighted by Gasteiger charge is 2.53. The summed E-state index contributed by atoms with van der Waals surface area (Å²) in [7, 11) is 0. The number of benzene rings is 1. The Kier molecular flexibility index (Phi) is 3.44. The number of rotatable bonds is 2. The van der Waals surface area contributed by atoms with Crippen molar-refractivity contribution in [2.24, 2.45) is 5.41 Å². The summed E-state index contributed by atoms with van der Waals surface area (Å²) in [4.78, 5) is 26.6. The third-order valence-electron chi connectivity index (χ3n) is 4.62. The minimum atomic E-state index is -0.394. The molecule has 0 N–H and O–H groups in total. The Morgan fingerprint density at radius 3 is 2.60 bits per heavy atom. The van der Waals surface area contributed by atoms with Gasteiger partial charge in [0.05, 0.1) is 11.1 Å². The predicted molar refractivity (Wildman–Crippen MR) is 81.5 cm³/mol. The Morgan fingerprint density at radius 2 is 1.95 bits per heavy atom. The third-order valence-corrected chi connectivity index (χ3v) is 5.11. The number of imide groups is 1. The number of halogens is 1. The van der Waals surface area contributed by atoms with Gasteiger partial charge < -0.3 is 0 Å². The summed E-state index contributed by atoms with van der Waals surface area (Å²) in [6, 6.07) is 5.77. The van der Waals surface area contributed by atoms with Crippen LogP contribution in [0.5, 0.6) is 0 Å². The van der Waals surface area contributed by atoms with Crippen LogP contribution in [0.4, 0.5) is 5.69 Å². The second-order valence-corrected chi connectivity index (χ2v) is 6.74. The molecule has 0 radical (unpaired) electrons. The molecule has 1 saturated heterocycles. The zero-order valence-corrected chi connectivity index (χ0v) is 13.2. The van der Waals surface area contributed by atoms with Gasteiger partial charge in [-0.15, -0.1) is 0 Å². The van der Waals surface area contributed by atoms with E-state index in [2.05, 4.69) is 15.9 Å². The lowest BCUT2D eigenvalue weighted by molar-refractivity contribution is -0.125. The molecule has 1 aromatic rings. The zero-order chi connectivity index (χ0) is 14.3. The minimum absolute atomic E-state index is 0.0250. The topological polar surface area (TPSA) is 37.4 Å². The van der Waals surface area contributed by atoms with E-state index >= 15 is 0 Å². The monoisotopic (exact) mass is 335 g/mol. The molecule has 1 heterocycles. The first-order chi connectivity index (χ1) is 9.57. The molecule has 1 aromatic carbocycles. The standard InChI is InChI=1S/C16H18BrNO2/c1-2-11-9-12(17)5-6-13(11)18-14(19)10-16(15(18)20)7-3-4-8-16/h5-6,9H,2-4,7-8,10H2,1H3. The molecule has 1 aliphatic carbocycles. The van der Waals surface area contributed by atoms with Crippen LogP contribution in [0.1, 0.15) is 44.6 Å². The summed E-state index contributed by atoms with van der Waals surface area (Å²) >= 11 is 3.45. The van der Waals surface area contributed by atoms with Crippen molar-refractivity contribution in [3.63, 3.8) is 0 Å². The van der Waals surface area contributed by atoms with Crippen molar-refractivity contribution < 1.29 is 9.59 Å². The van der Waals surface area contributed by atoms with Crippen LogP contribution in [0, 0.1) is 5.41 Å². The van der Waals surface area contributed by atoms with E-state index in [1.54, 1.807) is 0 Å². The van der Waals surface area contributed by atoms with Gasteiger partial charge in [0.15, 0.2) is 0 Å². The van der Waals surface area contributed by atoms with Gasteiger partial charge in [0.1, 0.15) is 0 Å².